The van der Waals surface area contributed by atoms with Crippen molar-refractivity contribution in [1.82, 2.24) is 4.90 Å². The quantitative estimate of drug-likeness (QED) is 0.556. The van der Waals surface area contributed by atoms with E-state index < -0.39 is 27.5 Å². The maximum absolute atomic E-state index is 13.4. The minimum atomic E-state index is -4.08. The molecule has 1 aliphatic rings. The lowest BCUT2D eigenvalue weighted by Crippen LogP contribution is -2.30. The highest BCUT2D eigenvalue weighted by Crippen LogP contribution is 2.45. The van der Waals surface area contributed by atoms with Crippen molar-refractivity contribution in [2.45, 2.75) is 17.5 Å². The summed E-state index contributed by atoms with van der Waals surface area (Å²) in [5.41, 5.74) is 0.840. The Labute approximate surface area is 181 Å². The summed E-state index contributed by atoms with van der Waals surface area (Å²) in [4.78, 5) is 14.7. The largest absolute Gasteiger partial charge is 0.502 e. The molecule has 0 saturated heterocycles. The van der Waals surface area contributed by atoms with Crippen LogP contribution in [0.3, 0.4) is 0 Å². The van der Waals surface area contributed by atoms with Gasteiger partial charge in [0.15, 0.2) is 5.76 Å². The van der Waals surface area contributed by atoms with Gasteiger partial charge in [0.25, 0.3) is 5.91 Å². The average Bonchev–Trinajstić information content (AvgIpc) is 3.26. The van der Waals surface area contributed by atoms with Gasteiger partial charge in [-0.2, -0.15) is 0 Å². The summed E-state index contributed by atoms with van der Waals surface area (Å²) in [6.45, 7) is 0.178. The molecular formula is C21H16BrNO4S2. The molecule has 0 unspecified atom stereocenters. The van der Waals surface area contributed by atoms with Crippen LogP contribution in [-0.2, 0) is 21.2 Å². The SMILES string of the molecule is O=C1C(O)=C(S(=O)(=O)c2ccccc2)[C@@H](c2cc(Br)cs2)N1Cc1ccccc1. The first kappa shape index (κ1) is 19.9. The van der Waals surface area contributed by atoms with Gasteiger partial charge in [0, 0.05) is 21.3 Å². The van der Waals surface area contributed by atoms with E-state index in [2.05, 4.69) is 15.9 Å². The average molecular weight is 490 g/mol. The summed E-state index contributed by atoms with van der Waals surface area (Å²) in [7, 11) is -4.08. The van der Waals surface area contributed by atoms with Gasteiger partial charge in [-0.3, -0.25) is 4.79 Å². The van der Waals surface area contributed by atoms with Crippen LogP contribution in [0.4, 0.5) is 0 Å². The number of aliphatic hydroxyl groups is 1. The number of thiophene rings is 1. The molecule has 1 atom stereocenters. The number of rotatable bonds is 5. The fraction of sp³-hybridized carbons (Fsp3) is 0.0952. The fourth-order valence-electron chi connectivity index (χ4n) is 3.33. The second-order valence-corrected chi connectivity index (χ2v) is 10.3. The number of hydrogen-bond acceptors (Lipinski definition) is 5. The van der Waals surface area contributed by atoms with E-state index in [4.69, 9.17) is 0 Å². The number of hydrogen-bond donors (Lipinski definition) is 1. The van der Waals surface area contributed by atoms with E-state index in [1.165, 1.54) is 28.4 Å². The van der Waals surface area contributed by atoms with Crippen molar-refractivity contribution in [2.75, 3.05) is 0 Å². The molecule has 4 rings (SSSR count). The molecule has 2 aromatic carbocycles. The summed E-state index contributed by atoms with van der Waals surface area (Å²) in [5.74, 6) is -1.42. The predicted octanol–water partition coefficient (Wildman–Crippen LogP) is 4.84. The van der Waals surface area contributed by atoms with Crippen molar-refractivity contribution in [3.63, 3.8) is 0 Å². The zero-order chi connectivity index (χ0) is 20.6. The van der Waals surface area contributed by atoms with Crippen molar-refractivity contribution in [2.24, 2.45) is 0 Å². The topological polar surface area (TPSA) is 74.7 Å². The van der Waals surface area contributed by atoms with Gasteiger partial charge in [-0.05, 0) is 39.7 Å². The maximum Gasteiger partial charge on any atom is 0.290 e. The minimum absolute atomic E-state index is 0.0385. The Morgan fingerprint density at radius 3 is 2.24 bits per heavy atom. The van der Waals surface area contributed by atoms with Crippen LogP contribution in [0.25, 0.3) is 0 Å². The summed E-state index contributed by atoms with van der Waals surface area (Å²) < 4.78 is 27.5. The van der Waals surface area contributed by atoms with E-state index in [0.29, 0.717) is 4.88 Å². The molecule has 1 aliphatic heterocycles. The zero-order valence-corrected chi connectivity index (χ0v) is 18.2. The molecule has 0 spiro atoms. The number of halogens is 1. The van der Waals surface area contributed by atoms with Crippen LogP contribution in [0.2, 0.25) is 0 Å². The molecule has 0 bridgehead atoms. The van der Waals surface area contributed by atoms with Gasteiger partial charge < -0.3 is 10.0 Å². The number of carbonyl (C=O) groups excluding carboxylic acids is 1. The van der Waals surface area contributed by atoms with E-state index in [0.717, 1.165) is 10.0 Å². The van der Waals surface area contributed by atoms with Crippen molar-refractivity contribution < 1.29 is 18.3 Å². The molecule has 0 radical (unpaired) electrons. The van der Waals surface area contributed by atoms with Crippen LogP contribution in [0.1, 0.15) is 16.5 Å². The number of aliphatic hydroxyl groups excluding tert-OH is 1. The molecule has 0 saturated carbocycles. The summed E-state index contributed by atoms with van der Waals surface area (Å²) in [6.07, 6.45) is 0. The molecule has 1 amide bonds. The van der Waals surface area contributed by atoms with E-state index in [1.54, 1.807) is 24.3 Å². The molecule has 29 heavy (non-hydrogen) atoms. The smallest absolute Gasteiger partial charge is 0.290 e. The van der Waals surface area contributed by atoms with Crippen molar-refractivity contribution in [3.05, 3.63) is 97.7 Å². The number of nitrogens with zero attached hydrogens (tertiary/aromatic N) is 1. The lowest BCUT2D eigenvalue weighted by molar-refractivity contribution is -0.130. The third-order valence-electron chi connectivity index (χ3n) is 4.65. The molecule has 1 aromatic heterocycles. The molecule has 8 heteroatoms. The standard InChI is InChI=1S/C21H16BrNO4S2/c22-15-11-17(28-13-15)18-20(29(26,27)16-9-5-2-6-10-16)19(24)21(25)23(18)12-14-7-3-1-4-8-14/h1-11,13,18,24H,12H2/t18-/m1/s1. The van der Waals surface area contributed by atoms with Crippen LogP contribution < -0.4 is 0 Å². The van der Waals surface area contributed by atoms with Gasteiger partial charge >= 0.3 is 0 Å². The Kier molecular flexibility index (Phi) is 5.33. The van der Waals surface area contributed by atoms with E-state index in [-0.39, 0.29) is 16.3 Å². The van der Waals surface area contributed by atoms with Gasteiger partial charge in [0.2, 0.25) is 9.84 Å². The summed E-state index contributed by atoms with van der Waals surface area (Å²) in [5, 5.41) is 12.5. The number of sulfone groups is 1. The molecule has 0 aliphatic carbocycles. The molecule has 148 valence electrons. The second-order valence-electron chi connectivity index (χ2n) is 6.52. The van der Waals surface area contributed by atoms with Crippen LogP contribution >= 0.6 is 27.3 Å². The van der Waals surface area contributed by atoms with Gasteiger partial charge in [-0.15, -0.1) is 11.3 Å². The number of carbonyl (C=O) groups is 1. The van der Waals surface area contributed by atoms with E-state index in [9.17, 15) is 18.3 Å². The molecule has 5 nitrogen and oxygen atoms in total. The Balaban J connectivity index is 1.85. The van der Waals surface area contributed by atoms with Crippen LogP contribution in [-0.4, -0.2) is 24.3 Å². The van der Waals surface area contributed by atoms with E-state index in [1.807, 2.05) is 35.7 Å². The van der Waals surface area contributed by atoms with Gasteiger partial charge in [0.05, 0.1) is 4.90 Å². The lowest BCUT2D eigenvalue weighted by Gasteiger charge is -2.26. The van der Waals surface area contributed by atoms with Crippen LogP contribution in [0.5, 0.6) is 0 Å². The van der Waals surface area contributed by atoms with Gasteiger partial charge in [0.1, 0.15) is 10.9 Å². The third-order valence-corrected chi connectivity index (χ3v) is 8.29. The van der Waals surface area contributed by atoms with Crippen molar-refractivity contribution in [1.29, 1.82) is 0 Å². The maximum atomic E-state index is 13.4. The Hall–Kier alpha value is -2.42. The lowest BCUT2D eigenvalue weighted by atomic mass is 10.1. The zero-order valence-electron chi connectivity index (χ0n) is 15.0. The Morgan fingerprint density at radius 1 is 1.03 bits per heavy atom. The van der Waals surface area contributed by atoms with Gasteiger partial charge in [-0.1, -0.05) is 48.5 Å². The Bertz CT molecular complexity index is 1190. The first-order valence-corrected chi connectivity index (χ1v) is 11.9. The third kappa shape index (κ3) is 3.63. The molecule has 3 aromatic rings. The number of benzene rings is 2. The highest BCUT2D eigenvalue weighted by molar-refractivity contribution is 9.10. The number of amides is 1. The minimum Gasteiger partial charge on any atom is -0.502 e. The summed E-state index contributed by atoms with van der Waals surface area (Å²) in [6, 6.07) is 18.0. The van der Waals surface area contributed by atoms with Crippen molar-refractivity contribution >= 4 is 43.0 Å². The van der Waals surface area contributed by atoms with E-state index >= 15 is 0 Å². The summed E-state index contributed by atoms with van der Waals surface area (Å²) >= 11 is 4.72. The first-order valence-electron chi connectivity index (χ1n) is 8.71. The molecule has 0 fully saturated rings. The fourth-order valence-corrected chi connectivity index (χ4v) is 6.63. The van der Waals surface area contributed by atoms with Crippen LogP contribution in [0.15, 0.2) is 92.1 Å². The highest BCUT2D eigenvalue weighted by atomic mass is 79.9. The molecular weight excluding hydrogens is 474 g/mol. The predicted molar refractivity (Wildman–Crippen MR) is 115 cm³/mol. The highest BCUT2D eigenvalue weighted by Gasteiger charge is 2.47. The Morgan fingerprint density at radius 2 is 1.66 bits per heavy atom. The second kappa shape index (κ2) is 7.78. The normalized spacial score (nSPS) is 17.2. The van der Waals surface area contributed by atoms with Crippen LogP contribution in [0, 0.1) is 0 Å². The van der Waals surface area contributed by atoms with Gasteiger partial charge in [-0.25, -0.2) is 8.42 Å². The first-order chi connectivity index (χ1) is 13.9. The molecule has 2 heterocycles. The monoisotopic (exact) mass is 489 g/mol. The van der Waals surface area contributed by atoms with Crippen molar-refractivity contribution in [3.8, 4) is 0 Å². The molecule has 1 N–H and O–H groups in total.